The Balaban J connectivity index is 1.36. The van der Waals surface area contributed by atoms with Gasteiger partial charge in [-0.15, -0.1) is 0 Å². The first-order chi connectivity index (χ1) is 15.9. The van der Waals surface area contributed by atoms with E-state index in [0.717, 1.165) is 25.7 Å². The van der Waals surface area contributed by atoms with Crippen molar-refractivity contribution in [3.05, 3.63) is 29.7 Å². The Morgan fingerprint density at radius 2 is 1.94 bits per heavy atom. The number of rotatable bonds is 6. The zero-order valence-corrected chi connectivity index (χ0v) is 19.3. The van der Waals surface area contributed by atoms with Crippen LogP contribution in [0.3, 0.4) is 0 Å². The number of carbonyl (C=O) groups is 1. The fraction of sp³-hybridized carbons (Fsp3) is 0.522. The minimum Gasteiger partial charge on any atom is -0.490 e. The molecule has 1 saturated heterocycles. The number of aromatic nitrogens is 4. The lowest BCUT2D eigenvalue weighted by Gasteiger charge is -2.31. The molecule has 0 atom stereocenters. The van der Waals surface area contributed by atoms with E-state index in [1.807, 2.05) is 11.8 Å². The summed E-state index contributed by atoms with van der Waals surface area (Å²) in [5, 5.41) is 4.14. The van der Waals surface area contributed by atoms with E-state index in [-0.39, 0.29) is 17.4 Å². The fourth-order valence-corrected chi connectivity index (χ4v) is 4.34. The largest absolute Gasteiger partial charge is 0.490 e. The SMILES string of the molecule is COc1cnc(C2CCN(C(=O)c3c(C)oc4ncnc(NC5(C)CC5)c34)CC2)nc1OC. The molecule has 1 saturated carbocycles. The van der Waals surface area contributed by atoms with Gasteiger partial charge in [0.25, 0.3) is 11.8 Å². The lowest BCUT2D eigenvalue weighted by Crippen LogP contribution is -2.38. The summed E-state index contributed by atoms with van der Waals surface area (Å²) in [7, 11) is 3.12. The van der Waals surface area contributed by atoms with E-state index in [9.17, 15) is 4.79 Å². The van der Waals surface area contributed by atoms with Crippen molar-refractivity contribution in [1.29, 1.82) is 0 Å². The van der Waals surface area contributed by atoms with Crippen LogP contribution in [-0.2, 0) is 0 Å². The molecular weight excluding hydrogens is 424 g/mol. The number of hydrogen-bond donors (Lipinski definition) is 1. The van der Waals surface area contributed by atoms with Gasteiger partial charge in [0.1, 0.15) is 23.7 Å². The standard InChI is InChI=1S/C23H28N6O4/c1-13-16(17-19(28-23(2)7-8-23)25-12-26-21(17)33-13)22(30)29-9-5-14(6-10-29)18-24-11-15(31-3)20(27-18)32-4/h11-12,14H,5-10H2,1-4H3,(H,25,26,28). The van der Waals surface area contributed by atoms with Crippen LogP contribution in [0.2, 0.25) is 0 Å². The van der Waals surface area contributed by atoms with Gasteiger partial charge >= 0.3 is 0 Å². The molecule has 174 valence electrons. The molecular formula is C23H28N6O4. The monoisotopic (exact) mass is 452 g/mol. The predicted molar refractivity (Wildman–Crippen MR) is 121 cm³/mol. The normalized spacial score (nSPS) is 17.8. The Bertz CT molecular complexity index is 1200. The van der Waals surface area contributed by atoms with Gasteiger partial charge < -0.3 is 24.1 Å². The Morgan fingerprint density at radius 3 is 2.61 bits per heavy atom. The van der Waals surface area contributed by atoms with Crippen LogP contribution >= 0.6 is 0 Å². The zero-order valence-electron chi connectivity index (χ0n) is 19.3. The minimum absolute atomic E-state index is 0.0184. The molecule has 1 aliphatic heterocycles. The number of aryl methyl sites for hydroxylation is 1. The summed E-state index contributed by atoms with van der Waals surface area (Å²) >= 11 is 0. The maximum Gasteiger partial charge on any atom is 0.260 e. The summed E-state index contributed by atoms with van der Waals surface area (Å²) in [6.07, 6.45) is 6.77. The molecule has 0 aromatic carbocycles. The maximum atomic E-state index is 13.6. The third-order valence-corrected chi connectivity index (χ3v) is 6.60. The van der Waals surface area contributed by atoms with Gasteiger partial charge in [0.15, 0.2) is 5.75 Å². The van der Waals surface area contributed by atoms with Gasteiger partial charge in [0.05, 0.1) is 31.4 Å². The summed E-state index contributed by atoms with van der Waals surface area (Å²) in [6, 6.07) is 0. The maximum absolute atomic E-state index is 13.6. The summed E-state index contributed by atoms with van der Waals surface area (Å²) in [6.45, 7) is 5.15. The van der Waals surface area contributed by atoms with Gasteiger partial charge in [0, 0.05) is 24.5 Å². The van der Waals surface area contributed by atoms with Crippen molar-refractivity contribution >= 4 is 22.8 Å². The number of methoxy groups -OCH3 is 2. The Hall–Kier alpha value is -3.43. The number of amides is 1. The van der Waals surface area contributed by atoms with Crippen molar-refractivity contribution in [1.82, 2.24) is 24.8 Å². The van der Waals surface area contributed by atoms with Crippen LogP contribution in [0.4, 0.5) is 5.82 Å². The van der Waals surface area contributed by atoms with Gasteiger partial charge in [-0.25, -0.2) is 15.0 Å². The number of nitrogens with one attached hydrogen (secondary N) is 1. The van der Waals surface area contributed by atoms with E-state index in [1.165, 1.54) is 6.33 Å². The molecule has 10 heteroatoms. The third-order valence-electron chi connectivity index (χ3n) is 6.60. The lowest BCUT2D eigenvalue weighted by atomic mass is 9.95. The fourth-order valence-electron chi connectivity index (χ4n) is 4.34. The third kappa shape index (κ3) is 3.94. The van der Waals surface area contributed by atoms with Crippen molar-refractivity contribution in [2.45, 2.75) is 51.0 Å². The molecule has 1 N–H and O–H groups in total. The second-order valence-corrected chi connectivity index (χ2v) is 8.99. The van der Waals surface area contributed by atoms with E-state index in [4.69, 9.17) is 13.9 Å². The van der Waals surface area contributed by atoms with Crippen LogP contribution in [0, 0.1) is 6.92 Å². The molecule has 3 aromatic rings. The molecule has 0 unspecified atom stereocenters. The summed E-state index contributed by atoms with van der Waals surface area (Å²) in [4.78, 5) is 33.1. The zero-order chi connectivity index (χ0) is 23.2. The number of carbonyl (C=O) groups excluding carboxylic acids is 1. The second-order valence-electron chi connectivity index (χ2n) is 8.99. The van der Waals surface area contributed by atoms with Gasteiger partial charge in [-0.2, -0.15) is 4.98 Å². The number of nitrogens with zero attached hydrogens (tertiary/aromatic N) is 5. The molecule has 1 amide bonds. The highest BCUT2D eigenvalue weighted by Crippen LogP contribution is 2.40. The number of hydrogen-bond acceptors (Lipinski definition) is 9. The van der Waals surface area contributed by atoms with Crippen LogP contribution < -0.4 is 14.8 Å². The Morgan fingerprint density at radius 1 is 1.18 bits per heavy atom. The first kappa shape index (κ1) is 21.4. The summed E-state index contributed by atoms with van der Waals surface area (Å²) in [5.74, 6) is 2.94. The molecule has 5 rings (SSSR count). The minimum atomic E-state index is -0.0586. The highest BCUT2D eigenvalue weighted by atomic mass is 16.5. The average Bonchev–Trinajstić information content (AvgIpc) is 3.45. The van der Waals surface area contributed by atoms with Gasteiger partial charge in [-0.05, 0) is 39.5 Å². The molecule has 2 aliphatic rings. The molecule has 0 radical (unpaired) electrons. The van der Waals surface area contributed by atoms with Crippen LogP contribution in [0.25, 0.3) is 11.1 Å². The van der Waals surface area contributed by atoms with Crippen molar-refractivity contribution in [2.75, 3.05) is 32.6 Å². The van der Waals surface area contributed by atoms with Gasteiger partial charge in [-0.1, -0.05) is 0 Å². The van der Waals surface area contributed by atoms with Crippen molar-refractivity contribution in [2.24, 2.45) is 0 Å². The molecule has 3 aromatic heterocycles. The quantitative estimate of drug-likeness (QED) is 0.601. The number of piperidine rings is 1. The van der Waals surface area contributed by atoms with Crippen molar-refractivity contribution in [3.8, 4) is 11.6 Å². The van der Waals surface area contributed by atoms with E-state index in [1.54, 1.807) is 20.4 Å². The second kappa shape index (κ2) is 8.17. The smallest absolute Gasteiger partial charge is 0.260 e. The number of likely N-dealkylation sites (tertiary alicyclic amines) is 1. The first-order valence-corrected chi connectivity index (χ1v) is 11.2. The van der Waals surface area contributed by atoms with E-state index in [2.05, 4.69) is 32.2 Å². The number of furan rings is 1. The number of ether oxygens (including phenoxy) is 2. The first-order valence-electron chi connectivity index (χ1n) is 11.2. The predicted octanol–water partition coefficient (Wildman–Crippen LogP) is 3.32. The molecule has 0 spiro atoms. The summed E-state index contributed by atoms with van der Waals surface area (Å²) in [5.41, 5.74) is 0.995. The molecule has 10 nitrogen and oxygen atoms in total. The van der Waals surface area contributed by atoms with Crippen LogP contribution in [0.1, 0.15) is 60.5 Å². The van der Waals surface area contributed by atoms with E-state index >= 15 is 0 Å². The number of anilines is 1. The average molecular weight is 453 g/mol. The van der Waals surface area contributed by atoms with Gasteiger partial charge in [0.2, 0.25) is 5.71 Å². The molecule has 4 heterocycles. The van der Waals surface area contributed by atoms with Gasteiger partial charge in [-0.3, -0.25) is 4.79 Å². The summed E-state index contributed by atoms with van der Waals surface area (Å²) < 4.78 is 16.4. The Labute approximate surface area is 191 Å². The van der Waals surface area contributed by atoms with E-state index < -0.39 is 0 Å². The van der Waals surface area contributed by atoms with Crippen molar-refractivity contribution < 1.29 is 18.7 Å². The lowest BCUT2D eigenvalue weighted by molar-refractivity contribution is 0.0710. The van der Waals surface area contributed by atoms with E-state index in [0.29, 0.717) is 58.8 Å². The topological polar surface area (TPSA) is 116 Å². The highest BCUT2D eigenvalue weighted by molar-refractivity contribution is 6.10. The molecule has 33 heavy (non-hydrogen) atoms. The highest BCUT2D eigenvalue weighted by Gasteiger charge is 2.39. The number of fused-ring (bicyclic) bond motifs is 1. The van der Waals surface area contributed by atoms with Crippen LogP contribution in [-0.4, -0.2) is 63.6 Å². The van der Waals surface area contributed by atoms with Crippen LogP contribution in [0.5, 0.6) is 11.6 Å². The molecule has 1 aliphatic carbocycles. The Kier molecular flexibility index (Phi) is 5.30. The molecule has 0 bridgehead atoms. The van der Waals surface area contributed by atoms with Crippen LogP contribution in [0.15, 0.2) is 16.9 Å². The van der Waals surface area contributed by atoms with Crippen molar-refractivity contribution in [3.63, 3.8) is 0 Å². The molecule has 2 fully saturated rings.